The Hall–Kier alpha value is -0.240. The lowest BCUT2D eigenvalue weighted by molar-refractivity contribution is -0.00199. The molecule has 0 bridgehead atoms. The lowest BCUT2D eigenvalue weighted by Gasteiger charge is -2.17. The van der Waals surface area contributed by atoms with E-state index in [2.05, 4.69) is 20.8 Å². The summed E-state index contributed by atoms with van der Waals surface area (Å²) in [5, 5.41) is 0. The van der Waals surface area contributed by atoms with Crippen LogP contribution in [0.2, 0.25) is 0 Å². The topological polar surface area (TPSA) is 55.4 Å². The standard InChI is InChI=1S/C24H50O6/c1-23(2)30-21-20-28-17-16-26-14-10-6-8-12-25-13-9-7-11-15-27-18-19-29-22-24(3,4)5/h23H,6-22H2,1-5H3. The monoisotopic (exact) mass is 434 g/mol. The molecule has 0 fully saturated rings. The number of hydrogen-bond acceptors (Lipinski definition) is 6. The Bertz CT molecular complexity index is 330. The van der Waals surface area contributed by atoms with Gasteiger partial charge < -0.3 is 28.4 Å². The van der Waals surface area contributed by atoms with Crippen molar-refractivity contribution in [2.75, 3.05) is 72.7 Å². The van der Waals surface area contributed by atoms with Crippen molar-refractivity contribution in [3.05, 3.63) is 0 Å². The maximum absolute atomic E-state index is 5.69. The molecule has 182 valence electrons. The zero-order valence-corrected chi connectivity index (χ0v) is 20.5. The maximum atomic E-state index is 5.69. The van der Waals surface area contributed by atoms with Crippen LogP contribution in [0.4, 0.5) is 0 Å². The first-order chi connectivity index (χ1) is 14.4. The Morgan fingerprint density at radius 3 is 1.27 bits per heavy atom. The van der Waals surface area contributed by atoms with Crippen LogP contribution in [0.15, 0.2) is 0 Å². The van der Waals surface area contributed by atoms with Crippen molar-refractivity contribution in [1.82, 2.24) is 0 Å². The van der Waals surface area contributed by atoms with E-state index in [-0.39, 0.29) is 11.5 Å². The third-order valence-corrected chi connectivity index (χ3v) is 4.11. The van der Waals surface area contributed by atoms with Gasteiger partial charge in [-0.25, -0.2) is 0 Å². The largest absolute Gasteiger partial charge is 0.381 e. The van der Waals surface area contributed by atoms with Crippen LogP contribution in [0.3, 0.4) is 0 Å². The molecule has 30 heavy (non-hydrogen) atoms. The minimum absolute atomic E-state index is 0.228. The van der Waals surface area contributed by atoms with Crippen LogP contribution >= 0.6 is 0 Å². The summed E-state index contributed by atoms with van der Waals surface area (Å²) in [6.07, 6.45) is 6.95. The van der Waals surface area contributed by atoms with E-state index in [4.69, 9.17) is 28.4 Å². The Morgan fingerprint density at radius 1 is 0.467 bits per heavy atom. The minimum Gasteiger partial charge on any atom is -0.381 e. The lowest BCUT2D eigenvalue weighted by Crippen LogP contribution is -2.17. The Balaban J connectivity index is 3.04. The summed E-state index contributed by atoms with van der Waals surface area (Å²) in [5.74, 6) is 0. The maximum Gasteiger partial charge on any atom is 0.0703 e. The average Bonchev–Trinajstić information content (AvgIpc) is 2.67. The van der Waals surface area contributed by atoms with E-state index in [1.54, 1.807) is 0 Å². The zero-order chi connectivity index (χ0) is 22.3. The normalized spacial score (nSPS) is 12.2. The van der Waals surface area contributed by atoms with E-state index >= 15 is 0 Å². The number of hydrogen-bond donors (Lipinski definition) is 0. The first-order valence-electron chi connectivity index (χ1n) is 11.9. The van der Waals surface area contributed by atoms with Crippen LogP contribution in [0.1, 0.15) is 73.1 Å². The first-order valence-corrected chi connectivity index (χ1v) is 11.9. The third kappa shape index (κ3) is 27.8. The van der Waals surface area contributed by atoms with Crippen LogP contribution in [0.25, 0.3) is 0 Å². The van der Waals surface area contributed by atoms with Gasteiger partial charge >= 0.3 is 0 Å². The van der Waals surface area contributed by atoms with E-state index in [0.717, 1.165) is 71.6 Å². The van der Waals surface area contributed by atoms with E-state index in [9.17, 15) is 0 Å². The van der Waals surface area contributed by atoms with Crippen molar-refractivity contribution in [2.24, 2.45) is 5.41 Å². The van der Waals surface area contributed by atoms with Crippen molar-refractivity contribution >= 4 is 0 Å². The lowest BCUT2D eigenvalue weighted by atomic mass is 9.99. The van der Waals surface area contributed by atoms with Gasteiger partial charge in [0.05, 0.1) is 52.4 Å². The van der Waals surface area contributed by atoms with Gasteiger partial charge in [-0.15, -0.1) is 0 Å². The fourth-order valence-corrected chi connectivity index (χ4v) is 2.54. The molecule has 0 saturated carbocycles. The molecule has 0 aliphatic rings. The minimum atomic E-state index is 0.228. The SMILES string of the molecule is CC(C)OCCOCCOCCCCCOCCCCCOCCOCC(C)(C)C. The van der Waals surface area contributed by atoms with Crippen LogP contribution in [0, 0.1) is 5.41 Å². The molecule has 0 radical (unpaired) electrons. The van der Waals surface area contributed by atoms with Gasteiger partial charge in [0, 0.05) is 26.4 Å². The van der Waals surface area contributed by atoms with Gasteiger partial charge in [0.2, 0.25) is 0 Å². The second-order valence-electron chi connectivity index (χ2n) is 9.10. The highest BCUT2D eigenvalue weighted by Crippen LogP contribution is 2.12. The predicted octanol–water partition coefficient (Wildman–Crippen LogP) is 4.88. The molecule has 0 aromatic rings. The van der Waals surface area contributed by atoms with Crippen molar-refractivity contribution in [3.63, 3.8) is 0 Å². The first kappa shape index (κ1) is 29.8. The van der Waals surface area contributed by atoms with Gasteiger partial charge in [-0.1, -0.05) is 20.8 Å². The summed E-state index contributed by atoms with van der Waals surface area (Å²) in [6, 6.07) is 0. The Morgan fingerprint density at radius 2 is 0.833 bits per heavy atom. The molecule has 0 rings (SSSR count). The number of ether oxygens (including phenoxy) is 6. The zero-order valence-electron chi connectivity index (χ0n) is 20.5. The van der Waals surface area contributed by atoms with Crippen LogP contribution in [-0.4, -0.2) is 78.8 Å². The number of rotatable bonds is 23. The van der Waals surface area contributed by atoms with E-state index in [1.807, 2.05) is 13.8 Å². The number of unbranched alkanes of at least 4 members (excludes halogenated alkanes) is 4. The highest BCUT2D eigenvalue weighted by atomic mass is 16.5. The van der Waals surface area contributed by atoms with Gasteiger partial charge in [-0.05, 0) is 57.8 Å². The molecule has 0 aliphatic heterocycles. The molecular formula is C24H50O6. The van der Waals surface area contributed by atoms with E-state index in [0.29, 0.717) is 39.6 Å². The highest BCUT2D eigenvalue weighted by Gasteiger charge is 2.09. The summed E-state index contributed by atoms with van der Waals surface area (Å²) in [6.45, 7) is 18.6. The average molecular weight is 435 g/mol. The van der Waals surface area contributed by atoms with Gasteiger partial charge in [-0.2, -0.15) is 0 Å². The molecule has 0 unspecified atom stereocenters. The van der Waals surface area contributed by atoms with Crippen LogP contribution < -0.4 is 0 Å². The molecule has 0 saturated heterocycles. The van der Waals surface area contributed by atoms with E-state index < -0.39 is 0 Å². The molecule has 0 amide bonds. The second-order valence-corrected chi connectivity index (χ2v) is 9.10. The Kier molecular flexibility index (Phi) is 21.8. The second kappa shape index (κ2) is 22.0. The summed E-state index contributed by atoms with van der Waals surface area (Å²) < 4.78 is 33.3. The Labute approximate surface area is 186 Å². The quantitative estimate of drug-likeness (QED) is 0.214. The molecule has 6 heteroatoms. The summed E-state index contributed by atoms with van der Waals surface area (Å²) >= 11 is 0. The summed E-state index contributed by atoms with van der Waals surface area (Å²) in [5.41, 5.74) is 0.228. The molecule has 0 aromatic carbocycles. The molecule has 0 atom stereocenters. The predicted molar refractivity (Wildman–Crippen MR) is 122 cm³/mol. The van der Waals surface area contributed by atoms with Gasteiger partial charge in [-0.3, -0.25) is 0 Å². The molecule has 0 aliphatic carbocycles. The molecule has 0 heterocycles. The van der Waals surface area contributed by atoms with Crippen molar-refractivity contribution in [3.8, 4) is 0 Å². The highest BCUT2D eigenvalue weighted by molar-refractivity contribution is 4.58. The van der Waals surface area contributed by atoms with Crippen molar-refractivity contribution in [2.45, 2.75) is 79.2 Å². The molecule has 0 aromatic heterocycles. The van der Waals surface area contributed by atoms with Gasteiger partial charge in [0.15, 0.2) is 0 Å². The fraction of sp³-hybridized carbons (Fsp3) is 1.00. The molecular weight excluding hydrogens is 384 g/mol. The van der Waals surface area contributed by atoms with Crippen LogP contribution in [-0.2, 0) is 28.4 Å². The summed E-state index contributed by atoms with van der Waals surface area (Å²) in [7, 11) is 0. The molecule has 0 spiro atoms. The van der Waals surface area contributed by atoms with Gasteiger partial charge in [0.1, 0.15) is 0 Å². The smallest absolute Gasteiger partial charge is 0.0703 e. The van der Waals surface area contributed by atoms with Gasteiger partial charge in [0.25, 0.3) is 0 Å². The molecule has 0 N–H and O–H groups in total. The third-order valence-electron chi connectivity index (χ3n) is 4.11. The van der Waals surface area contributed by atoms with Crippen molar-refractivity contribution in [1.29, 1.82) is 0 Å². The summed E-state index contributed by atoms with van der Waals surface area (Å²) in [4.78, 5) is 0. The van der Waals surface area contributed by atoms with Crippen LogP contribution in [0.5, 0.6) is 0 Å². The van der Waals surface area contributed by atoms with Crippen molar-refractivity contribution < 1.29 is 28.4 Å². The fourth-order valence-electron chi connectivity index (χ4n) is 2.54. The molecule has 6 nitrogen and oxygen atoms in total. The van der Waals surface area contributed by atoms with E-state index in [1.165, 1.54) is 0 Å².